The third-order valence-electron chi connectivity index (χ3n) is 3.16. The molecule has 2 heterocycles. The SMILES string of the molecule is Cc1cccc(C)c1Oc1ccc2ccc(N)nc2n1. The smallest absolute Gasteiger partial charge is 0.221 e. The number of ether oxygens (including phenoxy) is 1. The van der Waals surface area contributed by atoms with Crippen molar-refractivity contribution in [2.24, 2.45) is 0 Å². The summed E-state index contributed by atoms with van der Waals surface area (Å²) >= 11 is 0. The summed E-state index contributed by atoms with van der Waals surface area (Å²) in [7, 11) is 0. The van der Waals surface area contributed by atoms with E-state index in [1.807, 2.05) is 50.2 Å². The van der Waals surface area contributed by atoms with E-state index in [4.69, 9.17) is 10.5 Å². The quantitative estimate of drug-likeness (QED) is 0.768. The second-order valence-electron chi connectivity index (χ2n) is 4.76. The van der Waals surface area contributed by atoms with Crippen LogP contribution < -0.4 is 10.5 Å². The van der Waals surface area contributed by atoms with E-state index in [0.717, 1.165) is 22.3 Å². The molecule has 0 fully saturated rings. The van der Waals surface area contributed by atoms with Crippen molar-refractivity contribution < 1.29 is 4.74 Å². The number of anilines is 1. The van der Waals surface area contributed by atoms with Crippen LogP contribution in [0.3, 0.4) is 0 Å². The van der Waals surface area contributed by atoms with Crippen LogP contribution in [0.4, 0.5) is 5.82 Å². The number of nitrogen functional groups attached to an aromatic ring is 1. The molecule has 0 spiro atoms. The fourth-order valence-electron chi connectivity index (χ4n) is 2.12. The number of aromatic nitrogens is 2. The Bertz CT molecular complexity index is 764. The fraction of sp³-hybridized carbons (Fsp3) is 0.125. The molecule has 1 aromatic carbocycles. The summed E-state index contributed by atoms with van der Waals surface area (Å²) in [6.45, 7) is 4.03. The zero-order valence-electron chi connectivity index (χ0n) is 11.4. The normalized spacial score (nSPS) is 10.7. The van der Waals surface area contributed by atoms with Gasteiger partial charge in [0, 0.05) is 11.5 Å². The van der Waals surface area contributed by atoms with Crippen LogP contribution in [0, 0.1) is 13.8 Å². The minimum atomic E-state index is 0.453. The third-order valence-corrected chi connectivity index (χ3v) is 3.16. The van der Waals surface area contributed by atoms with E-state index in [9.17, 15) is 0 Å². The summed E-state index contributed by atoms with van der Waals surface area (Å²) in [5, 5.41) is 0.938. The minimum Gasteiger partial charge on any atom is -0.438 e. The molecule has 20 heavy (non-hydrogen) atoms. The van der Waals surface area contributed by atoms with Crippen LogP contribution >= 0.6 is 0 Å². The monoisotopic (exact) mass is 265 g/mol. The maximum absolute atomic E-state index is 5.90. The van der Waals surface area contributed by atoms with Crippen molar-refractivity contribution in [2.45, 2.75) is 13.8 Å². The predicted octanol–water partition coefficient (Wildman–Crippen LogP) is 3.62. The molecule has 0 atom stereocenters. The summed E-state index contributed by atoms with van der Waals surface area (Å²) in [6, 6.07) is 13.5. The average Bonchev–Trinajstić information content (AvgIpc) is 2.42. The highest BCUT2D eigenvalue weighted by atomic mass is 16.5. The Morgan fingerprint density at radius 2 is 1.60 bits per heavy atom. The number of fused-ring (bicyclic) bond motifs is 1. The van der Waals surface area contributed by atoms with E-state index in [-0.39, 0.29) is 0 Å². The molecule has 0 bridgehead atoms. The summed E-state index contributed by atoms with van der Waals surface area (Å²) in [6.07, 6.45) is 0. The lowest BCUT2D eigenvalue weighted by atomic mass is 10.1. The van der Waals surface area contributed by atoms with E-state index < -0.39 is 0 Å². The molecule has 4 nitrogen and oxygen atoms in total. The van der Waals surface area contributed by atoms with Gasteiger partial charge >= 0.3 is 0 Å². The highest BCUT2D eigenvalue weighted by Crippen LogP contribution is 2.28. The molecule has 0 saturated carbocycles. The molecule has 0 amide bonds. The number of hydrogen-bond acceptors (Lipinski definition) is 4. The zero-order chi connectivity index (χ0) is 14.1. The van der Waals surface area contributed by atoms with Gasteiger partial charge in [0.2, 0.25) is 5.88 Å². The minimum absolute atomic E-state index is 0.453. The van der Waals surface area contributed by atoms with Gasteiger partial charge in [-0.15, -0.1) is 0 Å². The summed E-state index contributed by atoms with van der Waals surface area (Å²) in [5.41, 5.74) is 8.43. The molecule has 0 saturated heterocycles. The van der Waals surface area contributed by atoms with Crippen molar-refractivity contribution in [1.82, 2.24) is 9.97 Å². The second-order valence-corrected chi connectivity index (χ2v) is 4.76. The van der Waals surface area contributed by atoms with Crippen LogP contribution in [0.15, 0.2) is 42.5 Å². The molecule has 0 unspecified atom stereocenters. The van der Waals surface area contributed by atoms with E-state index >= 15 is 0 Å². The predicted molar refractivity (Wildman–Crippen MR) is 79.9 cm³/mol. The van der Waals surface area contributed by atoms with Gasteiger partial charge in [0.1, 0.15) is 11.6 Å². The Labute approximate surface area is 117 Å². The Morgan fingerprint density at radius 1 is 0.900 bits per heavy atom. The van der Waals surface area contributed by atoms with Gasteiger partial charge in [-0.25, -0.2) is 4.98 Å². The number of aryl methyl sites for hydroxylation is 2. The average molecular weight is 265 g/mol. The molecule has 3 aromatic rings. The van der Waals surface area contributed by atoms with Gasteiger partial charge in [-0.05, 0) is 43.2 Å². The maximum Gasteiger partial charge on any atom is 0.221 e. The van der Waals surface area contributed by atoms with Crippen molar-refractivity contribution in [2.75, 3.05) is 5.73 Å². The van der Waals surface area contributed by atoms with E-state index in [0.29, 0.717) is 17.3 Å². The number of pyridine rings is 2. The Kier molecular flexibility index (Phi) is 2.99. The molecule has 0 aliphatic carbocycles. The highest BCUT2D eigenvalue weighted by Gasteiger charge is 2.07. The summed E-state index contributed by atoms with van der Waals surface area (Å²) in [4.78, 5) is 8.61. The van der Waals surface area contributed by atoms with Crippen LogP contribution in [-0.2, 0) is 0 Å². The lowest BCUT2D eigenvalue weighted by Gasteiger charge is -2.11. The van der Waals surface area contributed by atoms with Gasteiger partial charge in [0.25, 0.3) is 0 Å². The lowest BCUT2D eigenvalue weighted by molar-refractivity contribution is 0.458. The van der Waals surface area contributed by atoms with Gasteiger partial charge in [-0.2, -0.15) is 4.98 Å². The first kappa shape index (κ1) is 12.4. The maximum atomic E-state index is 5.90. The summed E-state index contributed by atoms with van der Waals surface area (Å²) < 4.78 is 5.90. The number of rotatable bonds is 2. The van der Waals surface area contributed by atoms with Gasteiger partial charge in [-0.3, -0.25) is 0 Å². The van der Waals surface area contributed by atoms with Gasteiger partial charge in [-0.1, -0.05) is 18.2 Å². The van der Waals surface area contributed by atoms with E-state index in [2.05, 4.69) is 9.97 Å². The lowest BCUT2D eigenvalue weighted by Crippen LogP contribution is -1.95. The van der Waals surface area contributed by atoms with Crippen molar-refractivity contribution >= 4 is 16.9 Å². The third kappa shape index (κ3) is 2.28. The zero-order valence-corrected chi connectivity index (χ0v) is 11.4. The first-order valence-electron chi connectivity index (χ1n) is 6.41. The van der Waals surface area contributed by atoms with Gasteiger partial charge < -0.3 is 10.5 Å². The molecule has 0 radical (unpaired) electrons. The number of nitrogens with two attached hydrogens (primary N) is 1. The van der Waals surface area contributed by atoms with E-state index in [1.54, 1.807) is 6.07 Å². The van der Waals surface area contributed by atoms with Crippen LogP contribution in [0.5, 0.6) is 11.6 Å². The molecule has 3 rings (SSSR count). The molecule has 4 heteroatoms. The Morgan fingerprint density at radius 3 is 2.35 bits per heavy atom. The second kappa shape index (κ2) is 4.81. The van der Waals surface area contributed by atoms with Crippen molar-refractivity contribution in [3.05, 3.63) is 53.6 Å². The number of nitrogens with zero attached hydrogens (tertiary/aromatic N) is 2. The fourth-order valence-corrected chi connectivity index (χ4v) is 2.12. The molecular formula is C16H15N3O. The number of para-hydroxylation sites is 1. The van der Waals surface area contributed by atoms with Crippen molar-refractivity contribution in [3.63, 3.8) is 0 Å². The van der Waals surface area contributed by atoms with Crippen LogP contribution in [0.25, 0.3) is 11.0 Å². The standard InChI is InChI=1S/C16H15N3O/c1-10-4-3-5-11(2)15(10)20-14-9-7-12-6-8-13(17)18-16(12)19-14/h3-9H,1-2H3,(H2,17,18,19). The first-order chi connectivity index (χ1) is 9.63. The van der Waals surface area contributed by atoms with Crippen LogP contribution in [0.2, 0.25) is 0 Å². The number of hydrogen-bond donors (Lipinski definition) is 1. The first-order valence-corrected chi connectivity index (χ1v) is 6.41. The Balaban J connectivity index is 2.02. The van der Waals surface area contributed by atoms with Gasteiger partial charge in [0.05, 0.1) is 0 Å². The molecule has 2 aromatic heterocycles. The molecule has 100 valence electrons. The van der Waals surface area contributed by atoms with Crippen LogP contribution in [0.1, 0.15) is 11.1 Å². The molecule has 2 N–H and O–H groups in total. The van der Waals surface area contributed by atoms with Crippen molar-refractivity contribution in [1.29, 1.82) is 0 Å². The Hall–Kier alpha value is -2.62. The largest absolute Gasteiger partial charge is 0.438 e. The van der Waals surface area contributed by atoms with E-state index in [1.165, 1.54) is 0 Å². The topological polar surface area (TPSA) is 61.0 Å². The number of benzene rings is 1. The summed E-state index contributed by atoms with van der Waals surface area (Å²) in [5.74, 6) is 1.81. The van der Waals surface area contributed by atoms with Gasteiger partial charge in [0.15, 0.2) is 5.65 Å². The highest BCUT2D eigenvalue weighted by molar-refractivity contribution is 5.76. The molecule has 0 aliphatic heterocycles. The van der Waals surface area contributed by atoms with Crippen LogP contribution in [-0.4, -0.2) is 9.97 Å². The molecule has 0 aliphatic rings. The molecular weight excluding hydrogens is 250 g/mol. The van der Waals surface area contributed by atoms with Crippen molar-refractivity contribution in [3.8, 4) is 11.6 Å².